The Balaban J connectivity index is 1.63. The molecule has 1 heterocycles. The predicted molar refractivity (Wildman–Crippen MR) is 115 cm³/mol. The van der Waals surface area contributed by atoms with Crippen molar-refractivity contribution in [2.45, 2.75) is 51.6 Å². The van der Waals surface area contributed by atoms with Gasteiger partial charge in [-0.25, -0.2) is 0 Å². The maximum Gasteiger partial charge on any atom is 0.262 e. The molecule has 4 atom stereocenters. The zero-order valence-electron chi connectivity index (χ0n) is 17.5. The Bertz CT molecular complexity index is 921. The Morgan fingerprint density at radius 2 is 1.57 bits per heavy atom. The topological polar surface area (TPSA) is 66.5 Å². The minimum Gasteiger partial charge on any atom is -0.351 e. The van der Waals surface area contributed by atoms with Crippen molar-refractivity contribution in [3.05, 3.63) is 71.3 Å². The van der Waals surface area contributed by atoms with Crippen LogP contribution in [0, 0.1) is 11.8 Å². The van der Waals surface area contributed by atoms with Crippen LogP contribution in [-0.2, 0) is 11.2 Å². The summed E-state index contributed by atoms with van der Waals surface area (Å²) in [5.41, 5.74) is 1.65. The first-order chi connectivity index (χ1) is 14.5. The van der Waals surface area contributed by atoms with E-state index < -0.39 is 17.9 Å². The van der Waals surface area contributed by atoms with E-state index in [-0.39, 0.29) is 11.9 Å². The molecule has 5 heteroatoms. The van der Waals surface area contributed by atoms with Crippen LogP contribution in [0.25, 0.3) is 0 Å². The molecular formula is C25H28N2O3. The molecule has 5 nitrogen and oxygen atoms in total. The molecule has 1 fully saturated rings. The molecule has 0 saturated heterocycles. The second-order valence-corrected chi connectivity index (χ2v) is 8.61. The van der Waals surface area contributed by atoms with Gasteiger partial charge >= 0.3 is 0 Å². The molecule has 0 radical (unpaired) electrons. The fourth-order valence-electron chi connectivity index (χ4n) is 4.69. The number of amides is 3. The fraction of sp³-hybridized carbons (Fsp3) is 0.400. The highest BCUT2D eigenvalue weighted by molar-refractivity contribution is 6.22. The van der Waals surface area contributed by atoms with Gasteiger partial charge in [0.1, 0.15) is 6.04 Å². The van der Waals surface area contributed by atoms with Crippen LogP contribution < -0.4 is 5.32 Å². The van der Waals surface area contributed by atoms with Crippen LogP contribution in [0.15, 0.2) is 54.6 Å². The van der Waals surface area contributed by atoms with Gasteiger partial charge in [0.15, 0.2) is 0 Å². The summed E-state index contributed by atoms with van der Waals surface area (Å²) in [6.45, 7) is 4.39. The summed E-state index contributed by atoms with van der Waals surface area (Å²) in [4.78, 5) is 40.8. The maximum atomic E-state index is 13.4. The van der Waals surface area contributed by atoms with Gasteiger partial charge in [0.25, 0.3) is 11.8 Å². The Labute approximate surface area is 177 Å². The zero-order valence-corrected chi connectivity index (χ0v) is 17.5. The number of fused-ring (bicyclic) bond motifs is 1. The number of imide groups is 1. The summed E-state index contributed by atoms with van der Waals surface area (Å²) in [6.07, 6.45) is 3.47. The number of benzene rings is 2. The molecule has 3 amide bonds. The molecular weight excluding hydrogens is 376 g/mol. The third-order valence-electron chi connectivity index (χ3n) is 6.75. The third kappa shape index (κ3) is 3.76. The highest BCUT2D eigenvalue weighted by atomic mass is 16.2. The predicted octanol–water partition coefficient (Wildman–Crippen LogP) is 3.83. The summed E-state index contributed by atoms with van der Waals surface area (Å²) in [5.74, 6) is -0.133. The Kier molecular flexibility index (Phi) is 5.71. The fourth-order valence-corrected chi connectivity index (χ4v) is 4.69. The van der Waals surface area contributed by atoms with E-state index in [4.69, 9.17) is 0 Å². The van der Waals surface area contributed by atoms with Gasteiger partial charge in [-0.1, -0.05) is 69.2 Å². The Hall–Kier alpha value is -2.95. The first-order valence-electron chi connectivity index (χ1n) is 10.8. The van der Waals surface area contributed by atoms with Crippen molar-refractivity contribution < 1.29 is 14.4 Å². The lowest BCUT2D eigenvalue weighted by Crippen LogP contribution is -2.54. The lowest BCUT2D eigenvalue weighted by molar-refractivity contribution is -0.126. The van der Waals surface area contributed by atoms with Gasteiger partial charge in [-0.2, -0.15) is 0 Å². The van der Waals surface area contributed by atoms with E-state index in [1.807, 2.05) is 30.3 Å². The molecule has 1 N–H and O–H groups in total. The maximum absolute atomic E-state index is 13.4. The Morgan fingerprint density at radius 1 is 0.967 bits per heavy atom. The number of hydrogen-bond donors (Lipinski definition) is 1. The van der Waals surface area contributed by atoms with Crippen LogP contribution >= 0.6 is 0 Å². The van der Waals surface area contributed by atoms with Crippen molar-refractivity contribution in [3.63, 3.8) is 0 Å². The number of rotatable bonds is 5. The van der Waals surface area contributed by atoms with Crippen LogP contribution in [0.1, 0.15) is 59.4 Å². The van der Waals surface area contributed by atoms with Gasteiger partial charge in [0.05, 0.1) is 11.1 Å². The first-order valence-corrected chi connectivity index (χ1v) is 10.8. The lowest BCUT2D eigenvalue weighted by Gasteiger charge is -2.36. The molecule has 2 aromatic rings. The van der Waals surface area contributed by atoms with Gasteiger partial charge in [0.2, 0.25) is 5.91 Å². The van der Waals surface area contributed by atoms with Crippen molar-refractivity contribution >= 4 is 17.7 Å². The molecule has 156 valence electrons. The smallest absolute Gasteiger partial charge is 0.262 e. The molecule has 4 rings (SSSR count). The minimum absolute atomic E-state index is 0.0645. The van der Waals surface area contributed by atoms with E-state index in [0.29, 0.717) is 29.4 Å². The zero-order chi connectivity index (χ0) is 21.3. The monoisotopic (exact) mass is 404 g/mol. The van der Waals surface area contributed by atoms with Crippen molar-refractivity contribution in [3.8, 4) is 0 Å². The van der Waals surface area contributed by atoms with E-state index in [1.54, 1.807) is 24.3 Å². The molecule has 1 aliphatic heterocycles. The number of nitrogens with zero attached hydrogens (tertiary/aromatic N) is 1. The largest absolute Gasteiger partial charge is 0.351 e. The normalized spacial score (nSPS) is 24.5. The summed E-state index contributed by atoms with van der Waals surface area (Å²) < 4.78 is 0. The second kappa shape index (κ2) is 8.42. The van der Waals surface area contributed by atoms with Crippen molar-refractivity contribution in [2.75, 3.05) is 0 Å². The van der Waals surface area contributed by atoms with E-state index in [9.17, 15) is 14.4 Å². The molecule has 1 saturated carbocycles. The van der Waals surface area contributed by atoms with Crippen molar-refractivity contribution in [1.82, 2.24) is 10.2 Å². The number of carbonyl (C=O) groups is 3. The first kappa shape index (κ1) is 20.3. The van der Waals surface area contributed by atoms with Crippen molar-refractivity contribution in [1.29, 1.82) is 0 Å². The number of nitrogens with one attached hydrogen (secondary N) is 1. The molecule has 1 aliphatic carbocycles. The van der Waals surface area contributed by atoms with Crippen LogP contribution in [0.4, 0.5) is 0 Å². The Morgan fingerprint density at radius 3 is 2.20 bits per heavy atom. The highest BCUT2D eigenvalue weighted by Gasteiger charge is 2.43. The van der Waals surface area contributed by atoms with Crippen LogP contribution in [-0.4, -0.2) is 34.7 Å². The summed E-state index contributed by atoms with van der Waals surface area (Å²) in [5, 5.41) is 3.18. The molecule has 4 unspecified atom stereocenters. The second-order valence-electron chi connectivity index (χ2n) is 8.61. The van der Waals surface area contributed by atoms with Crippen LogP contribution in [0.3, 0.4) is 0 Å². The summed E-state index contributed by atoms with van der Waals surface area (Å²) in [7, 11) is 0. The van der Waals surface area contributed by atoms with Gasteiger partial charge < -0.3 is 5.32 Å². The highest BCUT2D eigenvalue weighted by Crippen LogP contribution is 2.30. The molecule has 0 aromatic heterocycles. The van der Waals surface area contributed by atoms with Crippen LogP contribution in [0.2, 0.25) is 0 Å². The standard InChI is InChI=1S/C25H28N2O3/c1-16-9-8-14-21(17(16)2)26-23(28)22(15-18-10-4-3-5-11-18)27-24(29)19-12-6-7-13-20(19)25(27)30/h3-7,10-13,16-17,21-22H,8-9,14-15H2,1-2H3,(H,26,28). The van der Waals surface area contributed by atoms with Gasteiger partial charge in [-0.3, -0.25) is 19.3 Å². The van der Waals surface area contributed by atoms with Gasteiger partial charge in [-0.15, -0.1) is 0 Å². The molecule has 2 aliphatic rings. The van der Waals surface area contributed by atoms with Gasteiger partial charge in [0, 0.05) is 12.5 Å². The lowest BCUT2D eigenvalue weighted by atomic mass is 9.78. The number of carbonyl (C=O) groups excluding carboxylic acids is 3. The molecule has 0 spiro atoms. The summed E-state index contributed by atoms with van der Waals surface area (Å²) in [6, 6.07) is 15.5. The SMILES string of the molecule is CC1CCCC(NC(=O)C(Cc2ccccc2)N2C(=O)c3ccccc3C2=O)C1C. The number of hydrogen-bond acceptors (Lipinski definition) is 3. The van der Waals surface area contributed by atoms with E-state index in [1.165, 1.54) is 6.42 Å². The summed E-state index contributed by atoms with van der Waals surface area (Å²) >= 11 is 0. The average molecular weight is 405 g/mol. The average Bonchev–Trinajstić information content (AvgIpc) is 3.01. The van der Waals surface area contributed by atoms with Crippen LogP contribution in [0.5, 0.6) is 0 Å². The van der Waals surface area contributed by atoms with Gasteiger partial charge in [-0.05, 0) is 36.0 Å². The molecule has 0 bridgehead atoms. The van der Waals surface area contributed by atoms with E-state index in [2.05, 4.69) is 19.2 Å². The quantitative estimate of drug-likeness (QED) is 0.770. The van der Waals surface area contributed by atoms with E-state index >= 15 is 0 Å². The molecule has 2 aromatic carbocycles. The third-order valence-corrected chi connectivity index (χ3v) is 6.75. The van der Waals surface area contributed by atoms with E-state index in [0.717, 1.165) is 23.3 Å². The minimum atomic E-state index is -0.871. The van der Waals surface area contributed by atoms with Crippen molar-refractivity contribution in [2.24, 2.45) is 11.8 Å². The molecule has 30 heavy (non-hydrogen) atoms.